The van der Waals surface area contributed by atoms with Gasteiger partial charge in [0.2, 0.25) is 15.9 Å². The lowest BCUT2D eigenvalue weighted by atomic mass is 9.95. The largest absolute Gasteiger partial charge is 0.453 e. The van der Waals surface area contributed by atoms with E-state index in [1.165, 1.54) is 10.4 Å². The topological polar surface area (TPSA) is 104 Å². The Balaban J connectivity index is 1.38. The van der Waals surface area contributed by atoms with Crippen LogP contribution in [0.5, 0.6) is 0 Å². The number of fused-ring (bicyclic) bond motifs is 1. The molecule has 4 heterocycles. The molecule has 170 valence electrons. The van der Waals surface area contributed by atoms with Gasteiger partial charge in [0, 0.05) is 45.2 Å². The van der Waals surface area contributed by atoms with E-state index in [1.807, 2.05) is 4.90 Å². The van der Waals surface area contributed by atoms with Crippen molar-refractivity contribution in [3.8, 4) is 0 Å². The zero-order valence-electron chi connectivity index (χ0n) is 16.8. The number of carbonyl (C=O) groups excluding carboxylic acids is 1. The Morgan fingerprint density at radius 2 is 1.68 bits per heavy atom. The van der Waals surface area contributed by atoms with Crippen LogP contribution in [0.4, 0.5) is 19.0 Å². The van der Waals surface area contributed by atoms with Crippen molar-refractivity contribution < 1.29 is 26.4 Å². The quantitative estimate of drug-likeness (QED) is 0.654. The van der Waals surface area contributed by atoms with Gasteiger partial charge in [0.15, 0.2) is 5.65 Å². The van der Waals surface area contributed by atoms with Gasteiger partial charge in [-0.3, -0.25) is 4.79 Å². The summed E-state index contributed by atoms with van der Waals surface area (Å²) in [5.74, 6) is -1.02. The second-order valence-corrected chi connectivity index (χ2v) is 9.71. The number of hydrogen-bond donors (Lipinski definition) is 0. The molecular formula is C17H22F3N7O3S. The number of piperidine rings is 1. The number of aromatic nitrogens is 4. The SMILES string of the molecule is CS(=O)(=O)N1CCN(C(=O)C2CCN(c3ccc4nnc(C(F)(F)F)n4n3)CC2)CC1. The molecule has 0 saturated carbocycles. The zero-order valence-corrected chi connectivity index (χ0v) is 17.6. The van der Waals surface area contributed by atoms with E-state index in [4.69, 9.17) is 0 Å². The van der Waals surface area contributed by atoms with Gasteiger partial charge < -0.3 is 9.80 Å². The zero-order chi connectivity index (χ0) is 22.4. The van der Waals surface area contributed by atoms with Gasteiger partial charge in [-0.15, -0.1) is 15.3 Å². The molecule has 14 heteroatoms. The van der Waals surface area contributed by atoms with Crippen molar-refractivity contribution in [2.24, 2.45) is 5.92 Å². The van der Waals surface area contributed by atoms with E-state index >= 15 is 0 Å². The summed E-state index contributed by atoms with van der Waals surface area (Å²) in [6.07, 6.45) is -2.42. The van der Waals surface area contributed by atoms with E-state index in [0.29, 0.717) is 49.4 Å². The van der Waals surface area contributed by atoms with Gasteiger partial charge in [-0.2, -0.15) is 22.0 Å². The minimum Gasteiger partial charge on any atom is -0.355 e. The lowest BCUT2D eigenvalue weighted by molar-refractivity contribution is -0.146. The number of piperazine rings is 1. The molecule has 0 radical (unpaired) electrons. The summed E-state index contributed by atoms with van der Waals surface area (Å²) >= 11 is 0. The normalized spacial score (nSPS) is 19.9. The summed E-state index contributed by atoms with van der Waals surface area (Å²) in [6, 6.07) is 3.03. The predicted molar refractivity (Wildman–Crippen MR) is 104 cm³/mol. The van der Waals surface area contributed by atoms with Crippen molar-refractivity contribution in [3.05, 3.63) is 18.0 Å². The average molecular weight is 461 g/mol. The molecule has 0 N–H and O–H groups in total. The van der Waals surface area contributed by atoms with Crippen LogP contribution in [0, 0.1) is 5.92 Å². The molecular weight excluding hydrogens is 439 g/mol. The molecule has 2 saturated heterocycles. The Bertz CT molecular complexity index is 1070. The number of halogens is 3. The Morgan fingerprint density at radius 1 is 1.03 bits per heavy atom. The molecule has 2 aromatic rings. The van der Waals surface area contributed by atoms with Crippen LogP contribution in [0.3, 0.4) is 0 Å². The number of amides is 1. The maximum absolute atomic E-state index is 13.1. The van der Waals surface area contributed by atoms with Crippen LogP contribution in [0.2, 0.25) is 0 Å². The van der Waals surface area contributed by atoms with E-state index in [2.05, 4.69) is 15.3 Å². The highest BCUT2D eigenvalue weighted by Gasteiger charge is 2.38. The summed E-state index contributed by atoms with van der Waals surface area (Å²) in [4.78, 5) is 16.4. The number of hydrogen-bond acceptors (Lipinski definition) is 7. The molecule has 0 aliphatic carbocycles. The molecule has 0 aromatic carbocycles. The highest BCUT2D eigenvalue weighted by Crippen LogP contribution is 2.29. The van der Waals surface area contributed by atoms with Crippen LogP contribution in [0.15, 0.2) is 12.1 Å². The maximum Gasteiger partial charge on any atom is 0.453 e. The van der Waals surface area contributed by atoms with Crippen molar-refractivity contribution >= 4 is 27.4 Å². The summed E-state index contributed by atoms with van der Waals surface area (Å²) in [7, 11) is -3.26. The van der Waals surface area contributed by atoms with E-state index < -0.39 is 22.0 Å². The van der Waals surface area contributed by atoms with Crippen molar-refractivity contribution in [3.63, 3.8) is 0 Å². The third kappa shape index (κ3) is 4.44. The monoisotopic (exact) mass is 461 g/mol. The van der Waals surface area contributed by atoms with Crippen molar-refractivity contribution in [2.45, 2.75) is 19.0 Å². The van der Waals surface area contributed by atoms with E-state index in [1.54, 1.807) is 11.0 Å². The van der Waals surface area contributed by atoms with E-state index in [0.717, 1.165) is 6.26 Å². The second-order valence-electron chi connectivity index (χ2n) is 7.73. The fraction of sp³-hybridized carbons (Fsp3) is 0.647. The third-order valence-corrected chi connectivity index (χ3v) is 6.99. The first-order chi connectivity index (χ1) is 14.5. The van der Waals surface area contributed by atoms with Gasteiger partial charge in [-0.1, -0.05) is 0 Å². The molecule has 10 nitrogen and oxygen atoms in total. The van der Waals surface area contributed by atoms with Crippen LogP contribution in [-0.2, 0) is 21.0 Å². The molecule has 1 amide bonds. The Hall–Kier alpha value is -2.48. The van der Waals surface area contributed by atoms with Gasteiger partial charge in [0.25, 0.3) is 5.82 Å². The smallest absolute Gasteiger partial charge is 0.355 e. The Morgan fingerprint density at radius 3 is 2.26 bits per heavy atom. The number of alkyl halides is 3. The van der Waals surface area contributed by atoms with Gasteiger partial charge in [0.1, 0.15) is 5.82 Å². The van der Waals surface area contributed by atoms with Crippen molar-refractivity contribution in [2.75, 3.05) is 50.4 Å². The van der Waals surface area contributed by atoms with Crippen molar-refractivity contribution in [1.29, 1.82) is 0 Å². The minimum atomic E-state index is -4.66. The molecule has 0 spiro atoms. The van der Waals surface area contributed by atoms with Crippen LogP contribution < -0.4 is 4.90 Å². The van der Waals surface area contributed by atoms with Gasteiger partial charge >= 0.3 is 6.18 Å². The van der Waals surface area contributed by atoms with Gasteiger partial charge in [-0.25, -0.2) is 8.42 Å². The summed E-state index contributed by atoms with van der Waals surface area (Å²) in [5.41, 5.74) is 0.00868. The number of anilines is 1. The first-order valence-corrected chi connectivity index (χ1v) is 11.7. The second kappa shape index (κ2) is 7.89. The molecule has 31 heavy (non-hydrogen) atoms. The van der Waals surface area contributed by atoms with E-state index in [9.17, 15) is 26.4 Å². The molecule has 0 bridgehead atoms. The van der Waals surface area contributed by atoms with Crippen LogP contribution in [-0.4, -0.2) is 88.9 Å². The molecule has 2 aliphatic rings. The van der Waals surface area contributed by atoms with Gasteiger partial charge in [-0.05, 0) is 25.0 Å². The summed E-state index contributed by atoms with van der Waals surface area (Å²) in [5, 5.41) is 10.7. The highest BCUT2D eigenvalue weighted by atomic mass is 32.2. The molecule has 4 rings (SSSR count). The third-order valence-electron chi connectivity index (χ3n) is 5.69. The predicted octanol–water partition coefficient (Wildman–Crippen LogP) is 0.463. The number of sulfonamides is 1. The fourth-order valence-electron chi connectivity index (χ4n) is 3.98. The summed E-state index contributed by atoms with van der Waals surface area (Å²) in [6.45, 7) is 2.24. The number of nitrogens with zero attached hydrogens (tertiary/aromatic N) is 7. The van der Waals surface area contributed by atoms with Gasteiger partial charge in [0.05, 0.1) is 6.26 Å². The van der Waals surface area contributed by atoms with Crippen LogP contribution in [0.1, 0.15) is 18.7 Å². The molecule has 2 aliphatic heterocycles. The maximum atomic E-state index is 13.1. The van der Waals surface area contributed by atoms with Crippen molar-refractivity contribution in [1.82, 2.24) is 29.0 Å². The number of carbonyl (C=O) groups is 1. The Labute approximate surface area is 176 Å². The minimum absolute atomic E-state index is 0.00520. The first-order valence-electron chi connectivity index (χ1n) is 9.82. The van der Waals surface area contributed by atoms with E-state index in [-0.39, 0.29) is 30.6 Å². The average Bonchev–Trinajstić information content (AvgIpc) is 3.16. The van der Waals surface area contributed by atoms with Crippen LogP contribution >= 0.6 is 0 Å². The molecule has 2 aromatic heterocycles. The standard InChI is InChI=1S/C17H22F3N7O3S/c1-31(29,30)26-10-8-25(9-11-26)15(28)12-4-6-24(7-5-12)14-3-2-13-21-22-16(17(18,19)20)27(13)23-14/h2-3,12H,4-11H2,1H3. The fourth-order valence-corrected chi connectivity index (χ4v) is 4.81. The summed E-state index contributed by atoms with van der Waals surface area (Å²) < 4.78 is 64.5. The molecule has 0 atom stereocenters. The Kier molecular flexibility index (Phi) is 5.54. The van der Waals surface area contributed by atoms with Crippen LogP contribution in [0.25, 0.3) is 5.65 Å². The lowest BCUT2D eigenvalue weighted by Crippen LogP contribution is -2.52. The first kappa shape index (κ1) is 21.7. The highest BCUT2D eigenvalue weighted by molar-refractivity contribution is 7.88. The molecule has 2 fully saturated rings. The number of rotatable bonds is 3. The lowest BCUT2D eigenvalue weighted by Gasteiger charge is -2.38. The molecule has 0 unspecified atom stereocenters.